The van der Waals surface area contributed by atoms with Gasteiger partial charge < -0.3 is 15.0 Å². The minimum atomic E-state index is -0.533. The Bertz CT molecular complexity index is 1070. The molecule has 3 rings (SSSR count). The van der Waals surface area contributed by atoms with E-state index in [4.69, 9.17) is 4.74 Å². The highest BCUT2D eigenvalue weighted by atomic mass is 16.5. The fourth-order valence-electron chi connectivity index (χ4n) is 3.04. The van der Waals surface area contributed by atoms with Gasteiger partial charge in [-0.3, -0.25) is 14.4 Å². The first-order valence-corrected chi connectivity index (χ1v) is 9.99. The molecule has 1 aromatic carbocycles. The van der Waals surface area contributed by atoms with Crippen molar-refractivity contribution in [3.8, 4) is 5.69 Å². The van der Waals surface area contributed by atoms with Gasteiger partial charge in [-0.1, -0.05) is 32.0 Å². The van der Waals surface area contributed by atoms with Crippen LogP contribution >= 0.6 is 0 Å². The lowest BCUT2D eigenvalue weighted by atomic mass is 10.2. The van der Waals surface area contributed by atoms with E-state index in [-0.39, 0.29) is 37.0 Å². The molecule has 9 nitrogen and oxygen atoms in total. The van der Waals surface area contributed by atoms with Crippen LogP contribution in [-0.2, 0) is 20.7 Å². The maximum Gasteiger partial charge on any atom is 0.306 e. The molecule has 0 radical (unpaired) electrons. The number of aromatic nitrogens is 4. The molecule has 0 bridgehead atoms. The Hall–Kier alpha value is -3.49. The number of benzene rings is 1. The van der Waals surface area contributed by atoms with Crippen LogP contribution in [-0.4, -0.2) is 44.3 Å². The normalized spacial score (nSPS) is 11.0. The second-order valence-electron chi connectivity index (χ2n) is 6.88. The van der Waals surface area contributed by atoms with Crippen LogP contribution in [0.1, 0.15) is 38.9 Å². The predicted molar refractivity (Wildman–Crippen MR) is 111 cm³/mol. The van der Waals surface area contributed by atoms with Crippen molar-refractivity contribution >= 4 is 22.9 Å². The lowest BCUT2D eigenvalue weighted by Crippen LogP contribution is -2.36. The first kappa shape index (κ1) is 21.2. The Kier molecular flexibility index (Phi) is 6.95. The number of nitrogens with one attached hydrogen (secondary N) is 2. The standard InChI is InChI=1S/C21H25N5O4/c1-3-14(4-2)23-18(27)13-30-19(28)11-10-17-24-20-16(21(29)25-17)12-22-26(20)15-8-6-5-7-9-15/h5-9,12,14H,3-4,10-11,13H2,1-2H3,(H,23,27)(H,24,25,29). The zero-order valence-electron chi connectivity index (χ0n) is 17.1. The molecule has 0 aliphatic carbocycles. The van der Waals surface area contributed by atoms with Gasteiger partial charge in [0, 0.05) is 12.5 Å². The molecule has 30 heavy (non-hydrogen) atoms. The minimum absolute atomic E-state index is 0.00775. The lowest BCUT2D eigenvalue weighted by Gasteiger charge is -2.14. The largest absolute Gasteiger partial charge is 0.456 e. The van der Waals surface area contributed by atoms with E-state index in [0.29, 0.717) is 16.9 Å². The van der Waals surface area contributed by atoms with E-state index < -0.39 is 5.97 Å². The third kappa shape index (κ3) is 5.11. The number of aromatic amines is 1. The van der Waals surface area contributed by atoms with Gasteiger partial charge in [0.15, 0.2) is 12.3 Å². The van der Waals surface area contributed by atoms with E-state index in [2.05, 4.69) is 20.4 Å². The Morgan fingerprint density at radius 1 is 1.20 bits per heavy atom. The summed E-state index contributed by atoms with van der Waals surface area (Å²) in [7, 11) is 0. The van der Waals surface area contributed by atoms with E-state index in [1.54, 1.807) is 4.68 Å². The molecule has 0 spiro atoms. The van der Waals surface area contributed by atoms with Crippen molar-refractivity contribution in [1.29, 1.82) is 0 Å². The summed E-state index contributed by atoms with van der Waals surface area (Å²) in [5, 5.41) is 7.42. The molecule has 3 aromatic rings. The summed E-state index contributed by atoms with van der Waals surface area (Å²) in [6.07, 6.45) is 3.27. The molecule has 0 saturated heterocycles. The third-order valence-corrected chi connectivity index (χ3v) is 4.77. The van der Waals surface area contributed by atoms with Gasteiger partial charge in [-0.25, -0.2) is 9.67 Å². The van der Waals surface area contributed by atoms with Crippen LogP contribution in [0, 0.1) is 0 Å². The number of hydrogen-bond donors (Lipinski definition) is 2. The molecule has 0 unspecified atom stereocenters. The lowest BCUT2D eigenvalue weighted by molar-refractivity contribution is -0.148. The average Bonchev–Trinajstić information content (AvgIpc) is 3.19. The monoisotopic (exact) mass is 411 g/mol. The number of carbonyl (C=O) groups is 2. The van der Waals surface area contributed by atoms with Gasteiger partial charge >= 0.3 is 5.97 Å². The molecule has 9 heteroatoms. The van der Waals surface area contributed by atoms with Gasteiger partial charge in [-0.15, -0.1) is 0 Å². The first-order chi connectivity index (χ1) is 14.5. The maximum atomic E-state index is 12.3. The molecule has 2 N–H and O–H groups in total. The highest BCUT2D eigenvalue weighted by Gasteiger charge is 2.14. The fraction of sp³-hybridized carbons (Fsp3) is 0.381. The van der Waals surface area contributed by atoms with Gasteiger partial charge in [0.2, 0.25) is 0 Å². The quantitative estimate of drug-likeness (QED) is 0.519. The third-order valence-electron chi connectivity index (χ3n) is 4.77. The van der Waals surface area contributed by atoms with E-state index >= 15 is 0 Å². The van der Waals surface area contributed by atoms with Gasteiger partial charge in [-0.05, 0) is 25.0 Å². The molecule has 0 fully saturated rings. The topological polar surface area (TPSA) is 119 Å². The average molecular weight is 411 g/mol. The van der Waals surface area contributed by atoms with Crippen molar-refractivity contribution in [3.63, 3.8) is 0 Å². The molecule has 2 aromatic heterocycles. The second-order valence-corrected chi connectivity index (χ2v) is 6.88. The summed E-state index contributed by atoms with van der Waals surface area (Å²) in [5.74, 6) is -0.505. The fourth-order valence-corrected chi connectivity index (χ4v) is 3.04. The smallest absolute Gasteiger partial charge is 0.306 e. The van der Waals surface area contributed by atoms with Crippen molar-refractivity contribution in [2.75, 3.05) is 6.61 Å². The molecule has 0 aliphatic rings. The maximum absolute atomic E-state index is 12.3. The van der Waals surface area contributed by atoms with Crippen LogP contribution in [0.25, 0.3) is 16.7 Å². The van der Waals surface area contributed by atoms with Gasteiger partial charge in [0.05, 0.1) is 18.3 Å². The zero-order valence-corrected chi connectivity index (χ0v) is 17.1. The number of esters is 1. The Labute approximate surface area is 173 Å². The number of nitrogens with zero attached hydrogens (tertiary/aromatic N) is 3. The number of fused-ring (bicyclic) bond motifs is 1. The summed E-state index contributed by atoms with van der Waals surface area (Å²) in [6, 6.07) is 9.42. The van der Waals surface area contributed by atoms with Crippen molar-refractivity contribution in [2.45, 2.75) is 45.6 Å². The van der Waals surface area contributed by atoms with E-state index in [0.717, 1.165) is 18.5 Å². The van der Waals surface area contributed by atoms with Gasteiger partial charge in [0.25, 0.3) is 11.5 Å². The van der Waals surface area contributed by atoms with E-state index in [1.165, 1.54) is 6.20 Å². The van der Waals surface area contributed by atoms with Crippen molar-refractivity contribution in [3.05, 3.63) is 52.7 Å². The number of aryl methyl sites for hydroxylation is 1. The van der Waals surface area contributed by atoms with Crippen molar-refractivity contribution < 1.29 is 14.3 Å². The number of amides is 1. The number of carbonyl (C=O) groups excluding carboxylic acids is 2. The number of hydrogen-bond acceptors (Lipinski definition) is 6. The Morgan fingerprint density at radius 3 is 2.63 bits per heavy atom. The van der Waals surface area contributed by atoms with Crippen LogP contribution in [0.2, 0.25) is 0 Å². The second kappa shape index (κ2) is 9.82. The molecule has 2 heterocycles. The number of para-hydroxylation sites is 1. The number of H-pyrrole nitrogens is 1. The summed E-state index contributed by atoms with van der Waals surface area (Å²) in [6.45, 7) is 3.64. The first-order valence-electron chi connectivity index (χ1n) is 9.99. The van der Waals surface area contributed by atoms with Gasteiger partial charge in [-0.2, -0.15) is 5.10 Å². The summed E-state index contributed by atoms with van der Waals surface area (Å²) >= 11 is 0. The van der Waals surface area contributed by atoms with Crippen LogP contribution in [0.4, 0.5) is 0 Å². The van der Waals surface area contributed by atoms with Crippen LogP contribution in [0.5, 0.6) is 0 Å². The predicted octanol–water partition coefficient (Wildman–Crippen LogP) is 1.89. The number of rotatable bonds is 9. The number of ether oxygens (including phenoxy) is 1. The van der Waals surface area contributed by atoms with Gasteiger partial charge in [0.1, 0.15) is 11.2 Å². The van der Waals surface area contributed by atoms with Crippen LogP contribution in [0.15, 0.2) is 41.3 Å². The SMILES string of the molecule is CCC(CC)NC(=O)COC(=O)CCc1nc2c(cnn2-c2ccccc2)c(=O)[nH]1. The van der Waals surface area contributed by atoms with E-state index in [9.17, 15) is 14.4 Å². The van der Waals surface area contributed by atoms with Crippen LogP contribution in [0.3, 0.4) is 0 Å². The molecule has 158 valence electrons. The molecule has 0 aliphatic heterocycles. The minimum Gasteiger partial charge on any atom is -0.456 e. The Morgan fingerprint density at radius 2 is 1.93 bits per heavy atom. The van der Waals surface area contributed by atoms with Crippen LogP contribution < -0.4 is 10.9 Å². The molecule has 1 amide bonds. The molecule has 0 saturated carbocycles. The summed E-state index contributed by atoms with van der Waals surface area (Å²) in [4.78, 5) is 43.3. The highest BCUT2D eigenvalue weighted by molar-refractivity contribution is 5.80. The zero-order chi connectivity index (χ0) is 21.5. The molecule has 0 atom stereocenters. The summed E-state index contributed by atoms with van der Waals surface area (Å²) in [5.41, 5.74) is 0.868. The molecular weight excluding hydrogens is 386 g/mol. The van der Waals surface area contributed by atoms with Crippen molar-refractivity contribution in [1.82, 2.24) is 25.1 Å². The van der Waals surface area contributed by atoms with Crippen molar-refractivity contribution in [2.24, 2.45) is 0 Å². The summed E-state index contributed by atoms with van der Waals surface area (Å²) < 4.78 is 6.60. The molecular formula is C21H25N5O4. The van der Waals surface area contributed by atoms with E-state index in [1.807, 2.05) is 44.2 Å². The Balaban J connectivity index is 1.63. The highest BCUT2D eigenvalue weighted by Crippen LogP contribution is 2.13.